The van der Waals surface area contributed by atoms with E-state index in [1.165, 1.54) is 0 Å². The van der Waals surface area contributed by atoms with E-state index in [2.05, 4.69) is 5.32 Å². The van der Waals surface area contributed by atoms with Crippen LogP contribution in [0.5, 0.6) is 0 Å². The van der Waals surface area contributed by atoms with Crippen molar-refractivity contribution in [2.24, 2.45) is 11.1 Å². The number of piperidine rings is 1. The molecular formula is C19H26N5O4+. The Morgan fingerprint density at radius 2 is 1.75 bits per heavy atom. The zero-order chi connectivity index (χ0) is 20.3. The molecule has 2 heterocycles. The van der Waals surface area contributed by atoms with Gasteiger partial charge in [-0.15, -0.1) is 0 Å². The number of carbonyl (C=O) groups is 3. The number of rotatable bonds is 5. The Morgan fingerprint density at radius 3 is 2.32 bits per heavy atom. The number of benzene rings is 1. The fourth-order valence-electron chi connectivity index (χ4n) is 3.89. The number of urea groups is 1. The molecule has 2 saturated heterocycles. The molecule has 2 aliphatic rings. The van der Waals surface area contributed by atoms with Crippen molar-refractivity contribution in [3.05, 3.63) is 29.8 Å². The molecule has 0 aromatic heterocycles. The lowest BCUT2D eigenvalue weighted by Gasteiger charge is -2.37. The van der Waals surface area contributed by atoms with E-state index in [0.717, 1.165) is 17.7 Å². The Kier molecular flexibility index (Phi) is 5.53. The van der Waals surface area contributed by atoms with Crippen LogP contribution in [0, 0.1) is 5.41 Å². The van der Waals surface area contributed by atoms with Gasteiger partial charge in [-0.05, 0) is 43.5 Å². The first kappa shape index (κ1) is 19.7. The van der Waals surface area contributed by atoms with Crippen LogP contribution in [0.4, 0.5) is 10.5 Å². The van der Waals surface area contributed by atoms with Crippen molar-refractivity contribution < 1.29 is 24.9 Å². The van der Waals surface area contributed by atoms with Gasteiger partial charge in [0.1, 0.15) is 0 Å². The molecule has 9 nitrogen and oxygen atoms in total. The summed E-state index contributed by atoms with van der Waals surface area (Å²) in [5.41, 5.74) is 6.70. The second-order valence-electron chi connectivity index (χ2n) is 7.35. The third kappa shape index (κ3) is 3.92. The molecule has 2 aliphatic heterocycles. The highest BCUT2D eigenvalue weighted by Crippen LogP contribution is 2.43. The summed E-state index contributed by atoms with van der Waals surface area (Å²) in [5, 5.41) is 16.8. The van der Waals surface area contributed by atoms with Gasteiger partial charge in [0.15, 0.2) is 0 Å². The van der Waals surface area contributed by atoms with E-state index in [4.69, 9.17) is 16.2 Å². The minimum atomic E-state index is -0.949. The number of amides is 3. The SMILES string of the molecule is NC(=[NH2+])c1ccc(N2CCC3(CCN(C(=O)NCCC(=O)O)CC3)C2=O)cc1. The Labute approximate surface area is 163 Å². The number of nitrogens with two attached hydrogens (primary N) is 2. The first-order valence-electron chi connectivity index (χ1n) is 9.37. The minimum Gasteiger partial charge on any atom is -0.481 e. The average molecular weight is 388 g/mol. The van der Waals surface area contributed by atoms with Crippen molar-refractivity contribution in [1.82, 2.24) is 10.2 Å². The summed E-state index contributed by atoms with van der Waals surface area (Å²) in [6.07, 6.45) is 1.86. The van der Waals surface area contributed by atoms with Crippen LogP contribution in [-0.4, -0.2) is 59.9 Å². The van der Waals surface area contributed by atoms with Crippen LogP contribution in [-0.2, 0) is 9.59 Å². The van der Waals surface area contributed by atoms with Crippen LogP contribution in [0.25, 0.3) is 0 Å². The first-order valence-corrected chi connectivity index (χ1v) is 9.37. The van der Waals surface area contributed by atoms with Gasteiger partial charge in [-0.25, -0.2) is 4.79 Å². The number of hydrogen-bond acceptors (Lipinski definition) is 3. The van der Waals surface area contributed by atoms with Gasteiger partial charge >= 0.3 is 12.0 Å². The fourth-order valence-corrected chi connectivity index (χ4v) is 3.89. The van der Waals surface area contributed by atoms with Crippen molar-refractivity contribution in [1.29, 1.82) is 0 Å². The van der Waals surface area contributed by atoms with Crippen LogP contribution in [0.15, 0.2) is 24.3 Å². The van der Waals surface area contributed by atoms with E-state index in [-0.39, 0.29) is 30.7 Å². The highest BCUT2D eigenvalue weighted by molar-refractivity contribution is 6.00. The van der Waals surface area contributed by atoms with Crippen LogP contribution in [0.3, 0.4) is 0 Å². The molecule has 2 fully saturated rings. The molecule has 150 valence electrons. The molecule has 0 radical (unpaired) electrons. The zero-order valence-electron chi connectivity index (χ0n) is 15.7. The van der Waals surface area contributed by atoms with E-state index in [9.17, 15) is 14.4 Å². The summed E-state index contributed by atoms with van der Waals surface area (Å²) in [5.74, 6) is -0.615. The highest BCUT2D eigenvalue weighted by Gasteiger charge is 2.49. The van der Waals surface area contributed by atoms with Crippen LogP contribution >= 0.6 is 0 Å². The van der Waals surface area contributed by atoms with Gasteiger partial charge in [0.25, 0.3) is 5.84 Å². The van der Waals surface area contributed by atoms with Gasteiger partial charge in [-0.3, -0.25) is 20.7 Å². The monoisotopic (exact) mass is 388 g/mol. The van der Waals surface area contributed by atoms with Crippen molar-refractivity contribution in [2.75, 3.05) is 31.1 Å². The van der Waals surface area contributed by atoms with E-state index < -0.39 is 11.4 Å². The molecule has 3 amide bonds. The number of anilines is 1. The molecule has 0 saturated carbocycles. The third-order valence-electron chi connectivity index (χ3n) is 5.65. The average Bonchev–Trinajstić information content (AvgIpc) is 2.98. The Morgan fingerprint density at radius 1 is 1.14 bits per heavy atom. The summed E-state index contributed by atoms with van der Waals surface area (Å²) < 4.78 is 0. The number of carboxylic acid groups (broad SMARTS) is 1. The number of amidine groups is 1. The number of likely N-dealkylation sites (tertiary alicyclic amines) is 1. The number of aliphatic carboxylic acids is 1. The predicted octanol–water partition coefficient (Wildman–Crippen LogP) is -0.846. The quantitative estimate of drug-likeness (QED) is 0.384. The topological polar surface area (TPSA) is 142 Å². The Balaban J connectivity index is 1.58. The number of nitrogens with zero attached hydrogens (tertiary/aromatic N) is 2. The standard InChI is InChI=1S/C19H25N5O4/c20-16(21)13-1-3-14(4-2-13)24-12-8-19(17(24)27)6-10-23(11-7-19)18(28)22-9-5-15(25)26/h1-4H,5-12H2,(H3,20,21)(H,22,28)(H,25,26)/p+1. The summed E-state index contributed by atoms with van der Waals surface area (Å²) in [7, 11) is 0. The molecule has 0 aliphatic carbocycles. The van der Waals surface area contributed by atoms with Crippen molar-refractivity contribution in [3.63, 3.8) is 0 Å². The van der Waals surface area contributed by atoms with E-state index in [1.807, 2.05) is 12.1 Å². The van der Waals surface area contributed by atoms with Gasteiger partial charge in [0.05, 0.1) is 17.4 Å². The molecule has 1 aromatic carbocycles. The maximum atomic E-state index is 13.1. The van der Waals surface area contributed by atoms with E-state index in [1.54, 1.807) is 21.9 Å². The Hall–Kier alpha value is -3.10. The van der Waals surface area contributed by atoms with Crippen molar-refractivity contribution in [3.8, 4) is 0 Å². The number of nitrogens with one attached hydrogen (secondary N) is 1. The highest BCUT2D eigenvalue weighted by atomic mass is 16.4. The maximum absolute atomic E-state index is 13.1. The largest absolute Gasteiger partial charge is 0.481 e. The number of hydrogen-bond donors (Lipinski definition) is 4. The zero-order valence-corrected chi connectivity index (χ0v) is 15.7. The molecule has 0 unspecified atom stereocenters. The van der Waals surface area contributed by atoms with Gasteiger partial charge in [0.2, 0.25) is 5.91 Å². The molecular weight excluding hydrogens is 362 g/mol. The van der Waals surface area contributed by atoms with E-state index >= 15 is 0 Å². The van der Waals surface area contributed by atoms with Crippen molar-refractivity contribution in [2.45, 2.75) is 25.7 Å². The molecule has 6 N–H and O–H groups in total. The number of carboxylic acids is 1. The second-order valence-corrected chi connectivity index (χ2v) is 7.35. The summed E-state index contributed by atoms with van der Waals surface area (Å²) in [6.45, 7) is 1.71. The lowest BCUT2D eigenvalue weighted by Crippen LogP contribution is -2.49. The molecule has 0 bridgehead atoms. The minimum absolute atomic E-state index is 0.0934. The van der Waals surface area contributed by atoms with Gasteiger partial charge in [0, 0.05) is 31.9 Å². The first-order chi connectivity index (χ1) is 13.3. The smallest absolute Gasteiger partial charge is 0.317 e. The molecule has 1 spiro atoms. The predicted molar refractivity (Wildman–Crippen MR) is 103 cm³/mol. The number of carbonyl (C=O) groups excluding carboxylic acids is 2. The summed E-state index contributed by atoms with van der Waals surface area (Å²) in [6, 6.07) is 7.01. The molecule has 28 heavy (non-hydrogen) atoms. The molecule has 3 rings (SSSR count). The second kappa shape index (κ2) is 7.87. The van der Waals surface area contributed by atoms with E-state index in [0.29, 0.717) is 32.5 Å². The van der Waals surface area contributed by atoms with Crippen molar-refractivity contribution >= 4 is 29.4 Å². The normalized spacial score (nSPS) is 18.4. The van der Waals surface area contributed by atoms with Crippen LogP contribution in [0.2, 0.25) is 0 Å². The lowest BCUT2D eigenvalue weighted by molar-refractivity contribution is -0.136. The third-order valence-corrected chi connectivity index (χ3v) is 5.65. The fraction of sp³-hybridized carbons (Fsp3) is 0.474. The van der Waals surface area contributed by atoms with Gasteiger partial charge in [-0.1, -0.05) is 0 Å². The maximum Gasteiger partial charge on any atom is 0.317 e. The molecule has 9 heteroatoms. The lowest BCUT2D eigenvalue weighted by atomic mass is 9.77. The Bertz CT molecular complexity index is 784. The van der Waals surface area contributed by atoms with Crippen LogP contribution in [0.1, 0.15) is 31.2 Å². The summed E-state index contributed by atoms with van der Waals surface area (Å²) >= 11 is 0. The molecule has 0 atom stereocenters. The van der Waals surface area contributed by atoms with Gasteiger partial charge < -0.3 is 20.2 Å². The molecule has 1 aromatic rings. The van der Waals surface area contributed by atoms with Gasteiger partial charge in [-0.2, -0.15) is 0 Å². The summed E-state index contributed by atoms with van der Waals surface area (Å²) in [4.78, 5) is 39.2. The van der Waals surface area contributed by atoms with Crippen LogP contribution < -0.4 is 21.4 Å².